The number of nitrogens with zero attached hydrogens (tertiary/aromatic N) is 2. The Hall–Kier alpha value is -2.06. The minimum absolute atomic E-state index is 0.197. The van der Waals surface area contributed by atoms with Crippen LogP contribution < -0.4 is 0 Å². The van der Waals surface area contributed by atoms with Crippen LogP contribution in [-0.2, 0) is 10.5 Å². The second-order valence-corrected chi connectivity index (χ2v) is 5.78. The Balaban J connectivity index is 1.69. The van der Waals surface area contributed by atoms with Crippen LogP contribution in [0, 0.1) is 0 Å². The molecule has 0 unspecified atom stereocenters. The van der Waals surface area contributed by atoms with E-state index in [-0.39, 0.29) is 5.76 Å². The fourth-order valence-corrected chi connectivity index (χ4v) is 3.02. The first-order valence-corrected chi connectivity index (χ1v) is 7.79. The number of carbonyl (C=O) groups excluding carboxylic acids is 1. The quantitative estimate of drug-likeness (QED) is 0.525. The summed E-state index contributed by atoms with van der Waals surface area (Å²) >= 11 is 2.87. The van der Waals surface area contributed by atoms with E-state index in [1.807, 2.05) is 17.5 Å². The summed E-state index contributed by atoms with van der Waals surface area (Å²) in [6.45, 7) is 0. The Morgan fingerprint density at radius 2 is 2.33 bits per heavy atom. The normalized spacial score (nSPS) is 10.7. The molecule has 0 spiro atoms. The lowest BCUT2D eigenvalue weighted by Crippen LogP contribution is -2.02. The van der Waals surface area contributed by atoms with Gasteiger partial charge in [-0.2, -0.15) is 0 Å². The van der Waals surface area contributed by atoms with Gasteiger partial charge in [-0.15, -0.1) is 21.5 Å². The zero-order chi connectivity index (χ0) is 14.7. The second-order valence-electron chi connectivity index (χ2n) is 3.91. The van der Waals surface area contributed by atoms with Crippen LogP contribution in [0.2, 0.25) is 0 Å². The van der Waals surface area contributed by atoms with Gasteiger partial charge in [-0.1, -0.05) is 17.8 Å². The van der Waals surface area contributed by atoms with Crippen molar-refractivity contribution in [2.45, 2.75) is 11.0 Å². The molecule has 0 saturated heterocycles. The molecule has 0 fully saturated rings. The maximum absolute atomic E-state index is 11.5. The summed E-state index contributed by atoms with van der Waals surface area (Å²) in [6, 6.07) is 5.55. The first-order chi connectivity index (χ1) is 10.3. The van der Waals surface area contributed by atoms with Gasteiger partial charge >= 0.3 is 5.97 Å². The minimum atomic E-state index is -0.500. The Morgan fingerprint density at radius 3 is 3.10 bits per heavy atom. The number of carbonyl (C=O) groups is 1. The molecule has 0 aromatic carbocycles. The number of esters is 1. The van der Waals surface area contributed by atoms with Crippen LogP contribution in [0.15, 0.2) is 43.9 Å². The van der Waals surface area contributed by atoms with Crippen molar-refractivity contribution in [1.29, 1.82) is 0 Å². The molecule has 0 N–H and O–H groups in total. The molecule has 0 radical (unpaired) electrons. The van der Waals surface area contributed by atoms with Crippen molar-refractivity contribution in [2.75, 3.05) is 7.11 Å². The highest BCUT2D eigenvalue weighted by Gasteiger charge is 2.17. The molecule has 0 aliphatic carbocycles. The fraction of sp³-hybridized carbons (Fsp3) is 0.154. The summed E-state index contributed by atoms with van der Waals surface area (Å²) in [6.07, 6.45) is 1.45. The van der Waals surface area contributed by atoms with E-state index in [0.717, 1.165) is 10.4 Å². The number of hydrogen-bond acceptors (Lipinski definition) is 8. The first kappa shape index (κ1) is 13.9. The number of furan rings is 1. The van der Waals surface area contributed by atoms with Crippen molar-refractivity contribution in [3.8, 4) is 10.8 Å². The van der Waals surface area contributed by atoms with Crippen molar-refractivity contribution in [1.82, 2.24) is 10.2 Å². The summed E-state index contributed by atoms with van der Waals surface area (Å²) in [7, 11) is 1.31. The lowest BCUT2D eigenvalue weighted by atomic mass is 10.3. The lowest BCUT2D eigenvalue weighted by Gasteiger charge is -1.98. The predicted molar refractivity (Wildman–Crippen MR) is 77.2 cm³/mol. The van der Waals surface area contributed by atoms with Gasteiger partial charge in [0, 0.05) is 11.3 Å². The number of thioether (sulfide) groups is 1. The number of ether oxygens (including phenoxy) is 1. The molecule has 0 atom stereocenters. The molecular weight excluding hydrogens is 312 g/mol. The highest BCUT2D eigenvalue weighted by atomic mass is 32.2. The summed E-state index contributed by atoms with van der Waals surface area (Å²) in [5.41, 5.74) is 0.725. The van der Waals surface area contributed by atoms with E-state index >= 15 is 0 Å². The molecule has 3 rings (SSSR count). The van der Waals surface area contributed by atoms with Crippen molar-refractivity contribution in [3.63, 3.8) is 0 Å². The van der Waals surface area contributed by atoms with E-state index in [0.29, 0.717) is 16.9 Å². The van der Waals surface area contributed by atoms with Crippen molar-refractivity contribution in [3.05, 3.63) is 41.2 Å². The molecule has 0 aliphatic rings. The van der Waals surface area contributed by atoms with Crippen LogP contribution in [0.4, 0.5) is 0 Å². The topological polar surface area (TPSA) is 78.4 Å². The maximum Gasteiger partial charge on any atom is 0.374 e. The van der Waals surface area contributed by atoms with E-state index < -0.39 is 5.97 Å². The maximum atomic E-state index is 11.5. The van der Waals surface area contributed by atoms with Crippen LogP contribution >= 0.6 is 23.1 Å². The third-order valence-electron chi connectivity index (χ3n) is 2.61. The first-order valence-electron chi connectivity index (χ1n) is 5.93. The van der Waals surface area contributed by atoms with Crippen LogP contribution in [0.25, 0.3) is 10.8 Å². The molecule has 108 valence electrons. The number of hydrogen-bond donors (Lipinski definition) is 0. The van der Waals surface area contributed by atoms with E-state index in [9.17, 15) is 4.79 Å². The zero-order valence-corrected chi connectivity index (χ0v) is 12.6. The van der Waals surface area contributed by atoms with Gasteiger partial charge in [-0.3, -0.25) is 0 Å². The number of thiophene rings is 1. The van der Waals surface area contributed by atoms with Crippen molar-refractivity contribution in [2.24, 2.45) is 0 Å². The van der Waals surface area contributed by atoms with E-state index in [1.165, 1.54) is 36.5 Å². The summed E-state index contributed by atoms with van der Waals surface area (Å²) in [5, 5.41) is 10.3. The van der Waals surface area contributed by atoms with Gasteiger partial charge in [0.25, 0.3) is 11.1 Å². The average molecular weight is 322 g/mol. The SMILES string of the molecule is COC(=O)c1occc1CSc1nnc(-c2cccs2)o1. The smallest absolute Gasteiger partial charge is 0.374 e. The molecule has 6 nitrogen and oxygen atoms in total. The Labute approximate surface area is 128 Å². The molecule has 8 heteroatoms. The number of methoxy groups -OCH3 is 1. The molecule has 0 aliphatic heterocycles. The molecule has 3 aromatic heterocycles. The zero-order valence-electron chi connectivity index (χ0n) is 10.9. The standard InChI is InChI=1S/C13H10N2O4S2/c1-17-12(16)10-8(4-5-18-10)7-21-13-15-14-11(19-13)9-3-2-6-20-9/h2-6H,7H2,1H3. The van der Waals surface area contributed by atoms with Crippen LogP contribution in [-0.4, -0.2) is 23.3 Å². The average Bonchev–Trinajstić information content (AvgIpc) is 3.23. The fourth-order valence-electron chi connectivity index (χ4n) is 1.63. The van der Waals surface area contributed by atoms with Gasteiger partial charge in [-0.25, -0.2) is 4.79 Å². The van der Waals surface area contributed by atoms with E-state index in [2.05, 4.69) is 14.9 Å². The molecule has 0 saturated carbocycles. The van der Waals surface area contributed by atoms with Crippen molar-refractivity contribution >= 4 is 29.1 Å². The summed E-state index contributed by atoms with van der Waals surface area (Å²) in [5.74, 6) is 0.670. The summed E-state index contributed by atoms with van der Waals surface area (Å²) < 4.78 is 15.3. The molecule has 0 bridgehead atoms. The van der Waals surface area contributed by atoms with Crippen LogP contribution in [0.3, 0.4) is 0 Å². The Bertz CT molecular complexity index is 733. The van der Waals surface area contributed by atoms with Crippen molar-refractivity contribution < 1.29 is 18.4 Å². The summed E-state index contributed by atoms with van der Waals surface area (Å²) in [4.78, 5) is 12.4. The van der Waals surface area contributed by atoms with Gasteiger partial charge in [0.2, 0.25) is 5.76 Å². The third-order valence-corrected chi connectivity index (χ3v) is 4.33. The molecule has 3 aromatic rings. The number of aromatic nitrogens is 2. The van der Waals surface area contributed by atoms with Gasteiger partial charge in [0.05, 0.1) is 18.3 Å². The Kier molecular flexibility index (Phi) is 4.07. The van der Waals surface area contributed by atoms with Gasteiger partial charge in [0.1, 0.15) is 0 Å². The Morgan fingerprint density at radius 1 is 1.43 bits per heavy atom. The van der Waals surface area contributed by atoms with Crippen LogP contribution in [0.5, 0.6) is 0 Å². The third kappa shape index (κ3) is 3.01. The van der Waals surface area contributed by atoms with Gasteiger partial charge < -0.3 is 13.6 Å². The predicted octanol–water partition coefficient (Wildman–Crippen LogP) is 3.47. The highest BCUT2D eigenvalue weighted by molar-refractivity contribution is 7.98. The monoisotopic (exact) mass is 322 g/mol. The van der Waals surface area contributed by atoms with E-state index in [1.54, 1.807) is 6.07 Å². The number of rotatable bonds is 5. The molecule has 21 heavy (non-hydrogen) atoms. The van der Waals surface area contributed by atoms with Crippen LogP contribution in [0.1, 0.15) is 16.1 Å². The molecular formula is C13H10N2O4S2. The van der Waals surface area contributed by atoms with Gasteiger partial charge in [-0.05, 0) is 17.5 Å². The largest absolute Gasteiger partial charge is 0.463 e. The van der Waals surface area contributed by atoms with E-state index in [4.69, 9.17) is 8.83 Å². The second kappa shape index (κ2) is 6.15. The molecule has 0 amide bonds. The molecule has 3 heterocycles. The lowest BCUT2D eigenvalue weighted by molar-refractivity contribution is 0.0564. The van der Waals surface area contributed by atoms with Gasteiger partial charge in [0.15, 0.2) is 0 Å². The highest BCUT2D eigenvalue weighted by Crippen LogP contribution is 2.29. The minimum Gasteiger partial charge on any atom is -0.463 e.